The van der Waals surface area contributed by atoms with E-state index in [4.69, 9.17) is 23.2 Å². The molecule has 1 aliphatic heterocycles. The van der Waals surface area contributed by atoms with E-state index in [2.05, 4.69) is 4.98 Å². The maximum absolute atomic E-state index is 11.4. The largest absolute Gasteiger partial charge is 0.353 e. The van der Waals surface area contributed by atoms with Gasteiger partial charge in [-0.05, 0) is 11.6 Å². The summed E-state index contributed by atoms with van der Waals surface area (Å²) >= 11 is 11.9. The summed E-state index contributed by atoms with van der Waals surface area (Å²) in [7, 11) is -3.12. The number of aromatic nitrogens is 1. The van der Waals surface area contributed by atoms with E-state index in [-0.39, 0.29) is 0 Å². The molecule has 0 aromatic carbocycles. The molecule has 1 aliphatic rings. The zero-order valence-corrected chi connectivity index (χ0v) is 12.8. The van der Waals surface area contributed by atoms with Crippen LogP contribution in [-0.2, 0) is 15.9 Å². The summed E-state index contributed by atoms with van der Waals surface area (Å²) in [6, 6.07) is 1.79. The van der Waals surface area contributed by atoms with E-state index in [1.54, 1.807) is 12.3 Å². The van der Waals surface area contributed by atoms with E-state index in [0.29, 0.717) is 42.9 Å². The second-order valence-corrected chi connectivity index (χ2v) is 7.09. The Labute approximate surface area is 123 Å². The highest BCUT2D eigenvalue weighted by atomic mass is 35.5. The molecule has 106 valence electrons. The van der Waals surface area contributed by atoms with Crippen LogP contribution in [0, 0.1) is 0 Å². The summed E-state index contributed by atoms with van der Waals surface area (Å²) < 4.78 is 24.3. The van der Waals surface area contributed by atoms with E-state index in [1.165, 1.54) is 10.6 Å². The molecule has 1 aromatic heterocycles. The Morgan fingerprint density at radius 3 is 2.42 bits per heavy atom. The summed E-state index contributed by atoms with van der Waals surface area (Å²) in [4.78, 5) is 6.29. The Bertz CT molecular complexity index is 557. The van der Waals surface area contributed by atoms with Crippen LogP contribution in [0.25, 0.3) is 0 Å². The standard InChI is InChI=1S/C11H15Cl2N3O2S/c1-19(17,18)16-4-2-15(3-5-16)11-10(13)6-9(7-12)8-14-11/h6,8H,2-5,7H2,1H3. The van der Waals surface area contributed by atoms with E-state index in [0.717, 1.165) is 5.56 Å². The molecule has 0 spiro atoms. The molecule has 0 unspecified atom stereocenters. The number of piperazine rings is 1. The predicted octanol–water partition coefficient (Wildman–Crippen LogP) is 1.56. The van der Waals surface area contributed by atoms with Gasteiger partial charge in [-0.1, -0.05) is 11.6 Å². The van der Waals surface area contributed by atoms with Gasteiger partial charge >= 0.3 is 0 Å². The molecule has 2 rings (SSSR count). The lowest BCUT2D eigenvalue weighted by Crippen LogP contribution is -2.48. The van der Waals surface area contributed by atoms with Gasteiger partial charge in [-0.2, -0.15) is 4.31 Å². The van der Waals surface area contributed by atoms with Crippen molar-refractivity contribution in [2.45, 2.75) is 5.88 Å². The van der Waals surface area contributed by atoms with Crippen LogP contribution in [0.2, 0.25) is 5.02 Å². The molecule has 5 nitrogen and oxygen atoms in total. The first-order chi connectivity index (χ1) is 8.91. The van der Waals surface area contributed by atoms with Crippen molar-refractivity contribution in [1.82, 2.24) is 9.29 Å². The molecule has 1 saturated heterocycles. The topological polar surface area (TPSA) is 53.5 Å². The molecule has 0 bridgehead atoms. The van der Waals surface area contributed by atoms with E-state index < -0.39 is 10.0 Å². The Morgan fingerprint density at radius 2 is 1.95 bits per heavy atom. The first-order valence-corrected chi connectivity index (χ1v) is 8.58. The molecule has 0 saturated carbocycles. The van der Waals surface area contributed by atoms with Gasteiger partial charge in [-0.15, -0.1) is 11.6 Å². The smallest absolute Gasteiger partial charge is 0.211 e. The van der Waals surface area contributed by atoms with Gasteiger partial charge in [0.1, 0.15) is 5.82 Å². The first kappa shape index (κ1) is 14.8. The Balaban J connectivity index is 2.10. The van der Waals surface area contributed by atoms with Crippen LogP contribution in [0.15, 0.2) is 12.3 Å². The van der Waals surface area contributed by atoms with Crippen molar-refractivity contribution in [2.24, 2.45) is 0 Å². The number of rotatable bonds is 3. The maximum Gasteiger partial charge on any atom is 0.211 e. The zero-order valence-electron chi connectivity index (χ0n) is 10.5. The molecule has 1 fully saturated rings. The quantitative estimate of drug-likeness (QED) is 0.792. The van der Waals surface area contributed by atoms with Crippen LogP contribution in [0.5, 0.6) is 0 Å². The SMILES string of the molecule is CS(=O)(=O)N1CCN(c2ncc(CCl)cc2Cl)CC1. The number of alkyl halides is 1. The fraction of sp³-hybridized carbons (Fsp3) is 0.545. The predicted molar refractivity (Wildman–Crippen MR) is 77.4 cm³/mol. The monoisotopic (exact) mass is 323 g/mol. The van der Waals surface area contributed by atoms with Crippen LogP contribution in [0.3, 0.4) is 0 Å². The first-order valence-electron chi connectivity index (χ1n) is 5.82. The minimum absolute atomic E-state index is 0.370. The third-order valence-electron chi connectivity index (χ3n) is 3.04. The highest BCUT2D eigenvalue weighted by Crippen LogP contribution is 2.25. The van der Waals surface area contributed by atoms with E-state index in [1.807, 2.05) is 4.90 Å². The van der Waals surface area contributed by atoms with Gasteiger partial charge in [0.05, 0.1) is 11.3 Å². The van der Waals surface area contributed by atoms with Crippen molar-refractivity contribution in [3.63, 3.8) is 0 Å². The van der Waals surface area contributed by atoms with Crippen molar-refractivity contribution in [3.8, 4) is 0 Å². The van der Waals surface area contributed by atoms with Crippen LogP contribution in [-0.4, -0.2) is 50.1 Å². The lowest BCUT2D eigenvalue weighted by molar-refractivity contribution is 0.387. The average Bonchev–Trinajstić information content (AvgIpc) is 2.37. The molecule has 0 atom stereocenters. The molecule has 2 heterocycles. The molecule has 19 heavy (non-hydrogen) atoms. The summed E-state index contributed by atoms with van der Waals surface area (Å²) in [5.41, 5.74) is 0.866. The van der Waals surface area contributed by atoms with Gasteiger partial charge in [0.15, 0.2) is 0 Å². The third kappa shape index (κ3) is 3.51. The Kier molecular flexibility index (Phi) is 4.55. The van der Waals surface area contributed by atoms with Gasteiger partial charge in [-0.25, -0.2) is 13.4 Å². The molecule has 0 aliphatic carbocycles. The highest BCUT2D eigenvalue weighted by molar-refractivity contribution is 7.88. The fourth-order valence-corrected chi connectivity index (χ4v) is 3.29. The zero-order chi connectivity index (χ0) is 14.0. The van der Waals surface area contributed by atoms with Crippen molar-refractivity contribution in [2.75, 3.05) is 37.3 Å². The minimum Gasteiger partial charge on any atom is -0.353 e. The van der Waals surface area contributed by atoms with Crippen LogP contribution in [0.1, 0.15) is 5.56 Å². The molecule has 0 radical (unpaired) electrons. The second-order valence-electron chi connectivity index (χ2n) is 4.43. The number of pyridine rings is 1. The number of sulfonamides is 1. The normalized spacial score (nSPS) is 17.7. The third-order valence-corrected chi connectivity index (χ3v) is 4.93. The molecule has 8 heteroatoms. The maximum atomic E-state index is 11.4. The second kappa shape index (κ2) is 5.83. The van der Waals surface area contributed by atoms with Crippen LogP contribution >= 0.6 is 23.2 Å². The summed E-state index contributed by atoms with van der Waals surface area (Å²) in [6.07, 6.45) is 2.92. The number of nitrogens with zero attached hydrogens (tertiary/aromatic N) is 3. The lowest BCUT2D eigenvalue weighted by atomic mass is 10.3. The summed E-state index contributed by atoms with van der Waals surface area (Å²) in [5, 5.41) is 0.547. The minimum atomic E-state index is -3.12. The number of hydrogen-bond donors (Lipinski definition) is 0. The van der Waals surface area contributed by atoms with E-state index in [9.17, 15) is 8.42 Å². The lowest BCUT2D eigenvalue weighted by Gasteiger charge is -2.34. The Morgan fingerprint density at radius 1 is 1.32 bits per heavy atom. The molecule has 0 N–H and O–H groups in total. The van der Waals surface area contributed by atoms with Gasteiger partial charge in [0, 0.05) is 38.3 Å². The van der Waals surface area contributed by atoms with Gasteiger partial charge < -0.3 is 4.90 Å². The van der Waals surface area contributed by atoms with E-state index >= 15 is 0 Å². The van der Waals surface area contributed by atoms with Crippen molar-refractivity contribution in [3.05, 3.63) is 22.8 Å². The molecular formula is C11H15Cl2N3O2S. The number of hydrogen-bond acceptors (Lipinski definition) is 4. The van der Waals surface area contributed by atoms with Gasteiger partial charge in [0.2, 0.25) is 10.0 Å². The van der Waals surface area contributed by atoms with Crippen LogP contribution < -0.4 is 4.90 Å². The summed E-state index contributed by atoms with van der Waals surface area (Å²) in [6.45, 7) is 2.07. The average molecular weight is 324 g/mol. The molecule has 1 aromatic rings. The van der Waals surface area contributed by atoms with Crippen LogP contribution in [0.4, 0.5) is 5.82 Å². The summed E-state index contributed by atoms with van der Waals surface area (Å²) in [5.74, 6) is 1.05. The van der Waals surface area contributed by atoms with Gasteiger partial charge in [-0.3, -0.25) is 0 Å². The molecule has 0 amide bonds. The molecular weight excluding hydrogens is 309 g/mol. The van der Waals surface area contributed by atoms with Crippen molar-refractivity contribution in [1.29, 1.82) is 0 Å². The number of halogens is 2. The fourth-order valence-electron chi connectivity index (χ4n) is 2.01. The van der Waals surface area contributed by atoms with Crippen molar-refractivity contribution >= 4 is 39.0 Å². The number of anilines is 1. The highest BCUT2D eigenvalue weighted by Gasteiger charge is 2.25. The van der Waals surface area contributed by atoms with Crippen molar-refractivity contribution < 1.29 is 8.42 Å². The van der Waals surface area contributed by atoms with Gasteiger partial charge in [0.25, 0.3) is 0 Å². The Hall–Kier alpha value is -0.560.